The summed E-state index contributed by atoms with van der Waals surface area (Å²) in [4.78, 5) is 2.57. The summed E-state index contributed by atoms with van der Waals surface area (Å²) in [5.41, 5.74) is 20.0. The molecule has 0 aromatic heterocycles. The highest BCUT2D eigenvalue weighted by Gasteiger charge is 2.52. The summed E-state index contributed by atoms with van der Waals surface area (Å²) in [5, 5.41) is 0. The van der Waals surface area contributed by atoms with Crippen LogP contribution >= 0.6 is 0 Å². The molecule has 2 nitrogen and oxygen atoms in total. The quantitative estimate of drug-likeness (QED) is 0.159. The summed E-state index contributed by atoms with van der Waals surface area (Å²) in [6.45, 7) is 2.34. The van der Waals surface area contributed by atoms with Crippen molar-refractivity contribution in [2.24, 2.45) is 5.92 Å². The maximum atomic E-state index is 6.72. The smallest absolute Gasteiger partial charge is 0.132 e. The second-order valence-electron chi connectivity index (χ2n) is 17.2. The molecule has 0 amide bonds. The van der Waals surface area contributed by atoms with Crippen molar-refractivity contribution in [2.75, 3.05) is 4.90 Å². The molecule has 3 aliphatic rings. The van der Waals surface area contributed by atoms with Gasteiger partial charge in [0.25, 0.3) is 0 Å². The lowest BCUT2D eigenvalue weighted by Gasteiger charge is -2.39. The van der Waals surface area contributed by atoms with Crippen LogP contribution in [0.25, 0.3) is 50.1 Å². The molecule has 0 fully saturated rings. The Morgan fingerprint density at radius 3 is 1.66 bits per heavy atom. The zero-order chi connectivity index (χ0) is 42.6. The maximum Gasteiger partial charge on any atom is 0.132 e. The number of nitrogens with zero attached hydrogens (tertiary/aromatic N) is 1. The Kier molecular flexibility index (Phi) is 9.12. The summed E-state index contributed by atoms with van der Waals surface area (Å²) in [6, 6.07) is 81.9. The third-order valence-electron chi connectivity index (χ3n) is 13.5. The Morgan fingerprint density at radius 2 is 0.953 bits per heavy atom. The Morgan fingerprint density at radius 1 is 0.438 bits per heavy atom. The van der Waals surface area contributed by atoms with E-state index in [0.29, 0.717) is 5.92 Å². The molecule has 0 saturated heterocycles. The topological polar surface area (TPSA) is 12.5 Å². The van der Waals surface area contributed by atoms with Gasteiger partial charge in [-0.25, -0.2) is 0 Å². The number of hydrogen-bond donors (Lipinski definition) is 0. The molecule has 1 unspecified atom stereocenters. The van der Waals surface area contributed by atoms with Gasteiger partial charge in [-0.3, -0.25) is 0 Å². The molecule has 1 atom stereocenters. The van der Waals surface area contributed by atoms with Gasteiger partial charge < -0.3 is 9.64 Å². The minimum Gasteiger partial charge on any atom is -0.457 e. The van der Waals surface area contributed by atoms with Crippen molar-refractivity contribution < 1.29 is 4.74 Å². The Labute approximate surface area is 375 Å². The standard InChI is InChI=1S/C62H45NO/c1-42-38-39-57(52(40-42)50-29-11-10-28-49(50)48-27-9-8-26-47(48)44-22-6-3-7-23-44)63(46-25-18-24-45(41-46)43-20-4-2-5-21-43)58-35-19-34-56-61(58)51-30-12-13-31-53(51)62(56)54-32-14-16-36-59(54)64-60-37-17-15-33-55(60)62/h2-39,41-42H,40H2,1H3. The number of ether oxygens (including phenoxy) is 1. The third kappa shape index (κ3) is 5.94. The number of rotatable bonds is 7. The van der Waals surface area contributed by atoms with Crippen LogP contribution in [0, 0.1) is 5.92 Å². The second kappa shape index (κ2) is 15.4. The van der Waals surface area contributed by atoms with E-state index in [-0.39, 0.29) is 0 Å². The summed E-state index contributed by atoms with van der Waals surface area (Å²) in [5.74, 6) is 2.13. The molecule has 0 radical (unpaired) electrons. The van der Waals surface area contributed by atoms with Crippen molar-refractivity contribution >= 4 is 16.9 Å². The van der Waals surface area contributed by atoms with E-state index < -0.39 is 5.41 Å². The van der Waals surface area contributed by atoms with E-state index in [1.165, 1.54) is 72.5 Å². The highest BCUT2D eigenvalue weighted by atomic mass is 16.5. The molecule has 0 N–H and O–H groups in total. The van der Waals surface area contributed by atoms with Crippen LogP contribution in [0.4, 0.5) is 11.4 Å². The number of anilines is 2. The molecule has 304 valence electrons. The predicted octanol–water partition coefficient (Wildman–Crippen LogP) is 16.3. The Bertz CT molecular complexity index is 3260. The highest BCUT2D eigenvalue weighted by molar-refractivity contribution is 6.00. The number of fused-ring (bicyclic) bond motifs is 9. The SMILES string of the molecule is CC1C=CC(N(c2cccc(-c3ccccc3)c2)c2cccc3c2-c2ccccc2C32c3ccccc3Oc3ccccc32)=C(c2ccccc2-c2ccccc2-c2ccccc2)C1. The fourth-order valence-corrected chi connectivity index (χ4v) is 10.8. The molecule has 64 heavy (non-hydrogen) atoms. The zero-order valence-corrected chi connectivity index (χ0v) is 35.7. The van der Waals surface area contributed by atoms with Gasteiger partial charge in [-0.2, -0.15) is 0 Å². The van der Waals surface area contributed by atoms with Crippen LogP contribution in [-0.2, 0) is 5.41 Å². The highest BCUT2D eigenvalue weighted by Crippen LogP contribution is 2.64. The fraction of sp³-hybridized carbons (Fsp3) is 0.0645. The molecule has 2 aliphatic carbocycles. The fourth-order valence-electron chi connectivity index (χ4n) is 10.8. The molecular formula is C62H45NO. The summed E-state index contributed by atoms with van der Waals surface area (Å²) >= 11 is 0. The number of para-hydroxylation sites is 2. The van der Waals surface area contributed by atoms with Crippen molar-refractivity contribution in [2.45, 2.75) is 18.8 Å². The molecule has 0 bridgehead atoms. The molecule has 1 aliphatic heterocycles. The van der Waals surface area contributed by atoms with Gasteiger partial charge in [-0.15, -0.1) is 0 Å². The van der Waals surface area contributed by atoms with E-state index >= 15 is 0 Å². The van der Waals surface area contributed by atoms with E-state index in [1.807, 2.05) is 0 Å². The van der Waals surface area contributed by atoms with Crippen LogP contribution in [0.15, 0.2) is 242 Å². The molecule has 2 heteroatoms. The average molecular weight is 820 g/mol. The second-order valence-corrected chi connectivity index (χ2v) is 17.2. The van der Waals surface area contributed by atoms with Gasteiger partial charge in [0.2, 0.25) is 0 Å². The lowest BCUT2D eigenvalue weighted by atomic mass is 9.66. The Hall–Kier alpha value is -7.94. The lowest BCUT2D eigenvalue weighted by molar-refractivity contribution is 0.436. The Balaban J connectivity index is 1.16. The van der Waals surface area contributed by atoms with Gasteiger partial charge in [0.05, 0.1) is 11.1 Å². The van der Waals surface area contributed by atoms with Crippen LogP contribution in [0.3, 0.4) is 0 Å². The first kappa shape index (κ1) is 37.8. The summed E-state index contributed by atoms with van der Waals surface area (Å²) in [6.07, 6.45) is 5.68. The van der Waals surface area contributed by atoms with Crippen molar-refractivity contribution in [3.05, 3.63) is 270 Å². The monoisotopic (exact) mass is 819 g/mol. The molecule has 1 spiro atoms. The molecule has 12 rings (SSSR count). The molecular weight excluding hydrogens is 775 g/mol. The van der Waals surface area contributed by atoms with E-state index in [0.717, 1.165) is 40.4 Å². The minimum atomic E-state index is -0.590. The number of allylic oxidation sites excluding steroid dienone is 3. The van der Waals surface area contributed by atoms with Gasteiger partial charge in [0.15, 0.2) is 0 Å². The van der Waals surface area contributed by atoms with E-state index in [2.05, 4.69) is 248 Å². The van der Waals surface area contributed by atoms with Gasteiger partial charge in [-0.1, -0.05) is 207 Å². The average Bonchev–Trinajstić information content (AvgIpc) is 3.66. The van der Waals surface area contributed by atoms with E-state index in [1.54, 1.807) is 0 Å². The van der Waals surface area contributed by atoms with Crippen molar-refractivity contribution in [1.29, 1.82) is 0 Å². The first-order valence-electron chi connectivity index (χ1n) is 22.4. The summed E-state index contributed by atoms with van der Waals surface area (Å²) < 4.78 is 6.72. The van der Waals surface area contributed by atoms with Gasteiger partial charge >= 0.3 is 0 Å². The van der Waals surface area contributed by atoms with Crippen molar-refractivity contribution in [3.8, 4) is 56.0 Å². The molecule has 9 aromatic rings. The van der Waals surface area contributed by atoms with Gasteiger partial charge in [-0.05, 0) is 110 Å². The van der Waals surface area contributed by atoms with Crippen LogP contribution in [-0.4, -0.2) is 0 Å². The van der Waals surface area contributed by atoms with Gasteiger partial charge in [0, 0.05) is 28.1 Å². The predicted molar refractivity (Wildman–Crippen MR) is 265 cm³/mol. The van der Waals surface area contributed by atoms with Crippen LogP contribution in [0.2, 0.25) is 0 Å². The first-order valence-corrected chi connectivity index (χ1v) is 22.4. The summed E-state index contributed by atoms with van der Waals surface area (Å²) in [7, 11) is 0. The molecule has 0 saturated carbocycles. The third-order valence-corrected chi connectivity index (χ3v) is 13.5. The van der Waals surface area contributed by atoms with Crippen LogP contribution < -0.4 is 9.64 Å². The number of benzene rings is 9. The normalized spacial score (nSPS) is 15.2. The number of hydrogen-bond acceptors (Lipinski definition) is 2. The van der Waals surface area contributed by atoms with Crippen LogP contribution in [0.5, 0.6) is 11.5 Å². The maximum absolute atomic E-state index is 6.72. The first-order chi connectivity index (χ1) is 31.7. The van der Waals surface area contributed by atoms with Crippen molar-refractivity contribution in [3.63, 3.8) is 0 Å². The lowest BCUT2D eigenvalue weighted by Crippen LogP contribution is -2.32. The minimum absolute atomic E-state index is 0.342. The van der Waals surface area contributed by atoms with Crippen LogP contribution in [0.1, 0.15) is 41.2 Å². The van der Waals surface area contributed by atoms with E-state index in [4.69, 9.17) is 4.74 Å². The van der Waals surface area contributed by atoms with E-state index in [9.17, 15) is 0 Å². The zero-order valence-electron chi connectivity index (χ0n) is 35.7. The van der Waals surface area contributed by atoms with Gasteiger partial charge in [0.1, 0.15) is 11.5 Å². The van der Waals surface area contributed by atoms with Crippen molar-refractivity contribution in [1.82, 2.24) is 0 Å². The molecule has 1 heterocycles. The molecule has 9 aromatic carbocycles. The largest absolute Gasteiger partial charge is 0.457 e.